The smallest absolute Gasteiger partial charge is 0.238 e. The number of halogens is 1. The third-order valence-electron chi connectivity index (χ3n) is 3.49. The number of hydrogen-bond donors (Lipinski definition) is 2. The van der Waals surface area contributed by atoms with E-state index in [9.17, 15) is 4.79 Å². The van der Waals surface area contributed by atoms with Crippen LogP contribution in [0.25, 0.3) is 0 Å². The van der Waals surface area contributed by atoms with Crippen LogP contribution in [-0.2, 0) is 4.79 Å². The third-order valence-corrected chi connectivity index (χ3v) is 3.79. The fraction of sp³-hybridized carbons (Fsp3) is 0.533. The van der Waals surface area contributed by atoms with Crippen molar-refractivity contribution in [2.45, 2.75) is 32.7 Å². The summed E-state index contributed by atoms with van der Waals surface area (Å²) in [4.78, 5) is 14.1. The van der Waals surface area contributed by atoms with Crippen LogP contribution in [-0.4, -0.2) is 41.7 Å². The van der Waals surface area contributed by atoms with Crippen molar-refractivity contribution in [3.05, 3.63) is 28.3 Å². The van der Waals surface area contributed by atoms with Crippen molar-refractivity contribution in [3.63, 3.8) is 0 Å². The molecule has 1 aliphatic rings. The standard InChI is InChI=1S/C15H21ClN2O2/c1-10-7-11(2)15(13(16)8-10)17-14(20)9-18(5-6-19)12-3-4-12/h7-8,12,19H,3-6,9H2,1-2H3,(H,17,20). The summed E-state index contributed by atoms with van der Waals surface area (Å²) >= 11 is 6.18. The molecule has 1 amide bonds. The summed E-state index contributed by atoms with van der Waals surface area (Å²) in [6.45, 7) is 4.82. The summed E-state index contributed by atoms with van der Waals surface area (Å²) in [5, 5.41) is 12.5. The van der Waals surface area contributed by atoms with Gasteiger partial charge < -0.3 is 10.4 Å². The van der Waals surface area contributed by atoms with Crippen LogP contribution in [0.15, 0.2) is 12.1 Å². The summed E-state index contributed by atoms with van der Waals surface area (Å²) in [6.07, 6.45) is 2.22. The number of nitrogens with zero attached hydrogens (tertiary/aromatic N) is 1. The molecule has 2 rings (SSSR count). The third kappa shape index (κ3) is 3.95. The molecule has 0 radical (unpaired) electrons. The second-order valence-corrected chi connectivity index (χ2v) is 5.82. The number of carbonyl (C=O) groups excluding carboxylic acids is 1. The first-order chi connectivity index (χ1) is 9.51. The Morgan fingerprint density at radius 3 is 2.70 bits per heavy atom. The number of carbonyl (C=O) groups is 1. The Labute approximate surface area is 124 Å². The zero-order chi connectivity index (χ0) is 14.7. The summed E-state index contributed by atoms with van der Waals surface area (Å²) < 4.78 is 0. The van der Waals surface area contributed by atoms with E-state index >= 15 is 0 Å². The minimum absolute atomic E-state index is 0.0775. The number of anilines is 1. The van der Waals surface area contributed by atoms with Crippen LogP contribution in [0.1, 0.15) is 24.0 Å². The summed E-state index contributed by atoms with van der Waals surface area (Å²) in [5.74, 6) is -0.0841. The lowest BCUT2D eigenvalue weighted by molar-refractivity contribution is -0.117. The number of amides is 1. The molecule has 1 aromatic carbocycles. The molecule has 0 saturated heterocycles. The van der Waals surface area contributed by atoms with E-state index in [2.05, 4.69) is 5.32 Å². The summed E-state index contributed by atoms with van der Waals surface area (Å²) in [5.41, 5.74) is 2.72. The first kappa shape index (κ1) is 15.3. The molecule has 1 aliphatic carbocycles. The number of aliphatic hydroxyl groups excluding tert-OH is 1. The van der Waals surface area contributed by atoms with Crippen LogP contribution in [0.3, 0.4) is 0 Å². The lowest BCUT2D eigenvalue weighted by Gasteiger charge is -2.20. The Balaban J connectivity index is 2.00. The van der Waals surface area contributed by atoms with Crippen LogP contribution < -0.4 is 5.32 Å². The van der Waals surface area contributed by atoms with E-state index in [4.69, 9.17) is 16.7 Å². The Kier molecular flexibility index (Phi) is 5.02. The first-order valence-electron chi connectivity index (χ1n) is 6.92. The number of aliphatic hydroxyl groups is 1. The maximum Gasteiger partial charge on any atom is 0.238 e. The Morgan fingerprint density at radius 2 is 2.15 bits per heavy atom. The van der Waals surface area contributed by atoms with Gasteiger partial charge in [-0.05, 0) is 43.9 Å². The second kappa shape index (κ2) is 6.57. The molecule has 0 aliphatic heterocycles. The average molecular weight is 297 g/mol. The van der Waals surface area contributed by atoms with E-state index in [1.165, 1.54) is 0 Å². The molecule has 0 aromatic heterocycles. The van der Waals surface area contributed by atoms with E-state index in [0.29, 0.717) is 29.8 Å². The Morgan fingerprint density at radius 1 is 1.45 bits per heavy atom. The van der Waals surface area contributed by atoms with Gasteiger partial charge in [-0.25, -0.2) is 0 Å². The molecule has 1 aromatic rings. The van der Waals surface area contributed by atoms with Crippen molar-refractivity contribution in [2.75, 3.05) is 25.0 Å². The van der Waals surface area contributed by atoms with Crippen LogP contribution in [0, 0.1) is 13.8 Å². The fourth-order valence-corrected chi connectivity index (χ4v) is 2.76. The van der Waals surface area contributed by atoms with Gasteiger partial charge in [-0.15, -0.1) is 0 Å². The van der Waals surface area contributed by atoms with Crippen molar-refractivity contribution >= 4 is 23.2 Å². The minimum atomic E-state index is -0.0841. The van der Waals surface area contributed by atoms with Gasteiger partial charge in [0.25, 0.3) is 0 Å². The highest BCUT2D eigenvalue weighted by atomic mass is 35.5. The van der Waals surface area contributed by atoms with E-state index < -0.39 is 0 Å². The van der Waals surface area contributed by atoms with Gasteiger partial charge in [0, 0.05) is 12.6 Å². The zero-order valence-electron chi connectivity index (χ0n) is 11.9. The molecule has 110 valence electrons. The van der Waals surface area contributed by atoms with Gasteiger partial charge in [0.2, 0.25) is 5.91 Å². The largest absolute Gasteiger partial charge is 0.395 e. The maximum absolute atomic E-state index is 12.1. The van der Waals surface area contributed by atoms with Crippen molar-refractivity contribution in [3.8, 4) is 0 Å². The molecule has 0 atom stereocenters. The number of aryl methyl sites for hydroxylation is 2. The van der Waals surface area contributed by atoms with Gasteiger partial charge in [-0.2, -0.15) is 0 Å². The Bertz CT molecular complexity index is 478. The van der Waals surface area contributed by atoms with Crippen LogP contribution in [0.2, 0.25) is 5.02 Å². The molecule has 5 heteroatoms. The highest BCUT2D eigenvalue weighted by Gasteiger charge is 2.29. The van der Waals surface area contributed by atoms with Gasteiger partial charge in [-0.1, -0.05) is 17.7 Å². The van der Waals surface area contributed by atoms with E-state index in [0.717, 1.165) is 24.0 Å². The molecule has 1 fully saturated rings. The van der Waals surface area contributed by atoms with Crippen LogP contribution in [0.5, 0.6) is 0 Å². The van der Waals surface area contributed by atoms with E-state index in [1.807, 2.05) is 30.9 Å². The molecular formula is C15H21ClN2O2. The molecule has 1 saturated carbocycles. The number of hydrogen-bond acceptors (Lipinski definition) is 3. The predicted octanol–water partition coefficient (Wildman–Crippen LogP) is 2.35. The monoisotopic (exact) mass is 296 g/mol. The summed E-state index contributed by atoms with van der Waals surface area (Å²) in [7, 11) is 0. The second-order valence-electron chi connectivity index (χ2n) is 5.41. The SMILES string of the molecule is Cc1cc(C)c(NC(=O)CN(CCO)C2CC2)c(Cl)c1. The van der Waals surface area contributed by atoms with Gasteiger partial charge in [-0.3, -0.25) is 9.69 Å². The van der Waals surface area contributed by atoms with Crippen molar-refractivity contribution < 1.29 is 9.90 Å². The maximum atomic E-state index is 12.1. The molecule has 2 N–H and O–H groups in total. The topological polar surface area (TPSA) is 52.6 Å². The molecule has 0 heterocycles. The number of nitrogens with one attached hydrogen (secondary N) is 1. The van der Waals surface area contributed by atoms with Gasteiger partial charge in [0.05, 0.1) is 23.9 Å². The van der Waals surface area contributed by atoms with Crippen LogP contribution in [0.4, 0.5) is 5.69 Å². The lowest BCUT2D eigenvalue weighted by Crippen LogP contribution is -2.37. The number of benzene rings is 1. The molecule has 0 unspecified atom stereocenters. The Hall–Kier alpha value is -1.10. The zero-order valence-corrected chi connectivity index (χ0v) is 12.7. The quantitative estimate of drug-likeness (QED) is 0.847. The highest BCUT2D eigenvalue weighted by molar-refractivity contribution is 6.34. The predicted molar refractivity (Wildman–Crippen MR) is 81.2 cm³/mol. The van der Waals surface area contributed by atoms with Gasteiger partial charge in [0.1, 0.15) is 0 Å². The highest BCUT2D eigenvalue weighted by Crippen LogP contribution is 2.28. The first-order valence-corrected chi connectivity index (χ1v) is 7.30. The van der Waals surface area contributed by atoms with Crippen molar-refractivity contribution in [2.24, 2.45) is 0 Å². The normalized spacial score (nSPS) is 14.7. The molecule has 4 nitrogen and oxygen atoms in total. The fourth-order valence-electron chi connectivity index (χ4n) is 2.40. The lowest BCUT2D eigenvalue weighted by atomic mass is 10.1. The molecular weight excluding hydrogens is 276 g/mol. The van der Waals surface area contributed by atoms with Crippen molar-refractivity contribution in [1.29, 1.82) is 0 Å². The average Bonchev–Trinajstić information content (AvgIpc) is 3.17. The van der Waals surface area contributed by atoms with Crippen LogP contribution >= 0.6 is 11.6 Å². The van der Waals surface area contributed by atoms with E-state index in [-0.39, 0.29) is 12.5 Å². The van der Waals surface area contributed by atoms with Gasteiger partial charge >= 0.3 is 0 Å². The minimum Gasteiger partial charge on any atom is -0.395 e. The van der Waals surface area contributed by atoms with Gasteiger partial charge in [0.15, 0.2) is 0 Å². The van der Waals surface area contributed by atoms with Crippen molar-refractivity contribution in [1.82, 2.24) is 4.90 Å². The molecule has 20 heavy (non-hydrogen) atoms. The molecule has 0 bridgehead atoms. The number of rotatable bonds is 6. The molecule has 0 spiro atoms. The van der Waals surface area contributed by atoms with E-state index in [1.54, 1.807) is 0 Å². The summed E-state index contributed by atoms with van der Waals surface area (Å²) in [6, 6.07) is 4.28.